The third kappa shape index (κ3) is 1.90. The molecular weight excluding hydrogens is 258 g/mol. The molecule has 1 fully saturated rings. The standard InChI is InChI=1S/C11H16BrNS/c12-10-6-9(7-14-10)11(8-13)4-2-1-3-5-11/h6-7H,1-5,8,13H2. The summed E-state index contributed by atoms with van der Waals surface area (Å²) in [7, 11) is 0. The highest BCUT2D eigenvalue weighted by atomic mass is 79.9. The van der Waals surface area contributed by atoms with Gasteiger partial charge in [0.2, 0.25) is 0 Å². The molecule has 1 heterocycles. The molecule has 1 nitrogen and oxygen atoms in total. The molecule has 0 aromatic carbocycles. The van der Waals surface area contributed by atoms with Gasteiger partial charge in [-0.2, -0.15) is 0 Å². The van der Waals surface area contributed by atoms with Crippen LogP contribution in [0, 0.1) is 0 Å². The van der Waals surface area contributed by atoms with Crippen molar-refractivity contribution in [3.63, 3.8) is 0 Å². The number of nitrogens with two attached hydrogens (primary N) is 1. The maximum absolute atomic E-state index is 5.97. The first-order valence-electron chi connectivity index (χ1n) is 5.21. The molecular formula is C11H16BrNS. The molecule has 0 bridgehead atoms. The van der Waals surface area contributed by atoms with Crippen molar-refractivity contribution in [2.45, 2.75) is 37.5 Å². The largest absolute Gasteiger partial charge is 0.330 e. The van der Waals surface area contributed by atoms with Crippen molar-refractivity contribution < 1.29 is 0 Å². The van der Waals surface area contributed by atoms with Gasteiger partial charge in [0.05, 0.1) is 3.79 Å². The monoisotopic (exact) mass is 273 g/mol. The first-order valence-corrected chi connectivity index (χ1v) is 6.89. The number of halogens is 1. The Morgan fingerprint density at radius 1 is 1.36 bits per heavy atom. The van der Waals surface area contributed by atoms with Crippen LogP contribution >= 0.6 is 27.3 Å². The number of hydrogen-bond acceptors (Lipinski definition) is 2. The lowest BCUT2D eigenvalue weighted by Gasteiger charge is -2.35. The predicted molar refractivity (Wildman–Crippen MR) is 65.8 cm³/mol. The van der Waals surface area contributed by atoms with Gasteiger partial charge >= 0.3 is 0 Å². The minimum absolute atomic E-state index is 0.292. The first-order chi connectivity index (χ1) is 6.77. The van der Waals surface area contributed by atoms with Gasteiger partial charge in [-0.15, -0.1) is 11.3 Å². The number of thiophene rings is 1. The van der Waals surface area contributed by atoms with E-state index in [1.165, 1.54) is 41.5 Å². The second-order valence-corrected chi connectivity index (χ2v) is 6.48. The average Bonchev–Trinajstić information content (AvgIpc) is 2.66. The van der Waals surface area contributed by atoms with Crippen LogP contribution in [0.15, 0.2) is 15.2 Å². The van der Waals surface area contributed by atoms with E-state index in [4.69, 9.17) is 5.73 Å². The third-order valence-electron chi connectivity index (χ3n) is 3.38. The zero-order chi connectivity index (χ0) is 10.0. The van der Waals surface area contributed by atoms with Crippen molar-refractivity contribution in [2.24, 2.45) is 5.73 Å². The maximum Gasteiger partial charge on any atom is 0.0701 e. The Hall–Kier alpha value is 0.140. The van der Waals surface area contributed by atoms with Crippen LogP contribution in [-0.2, 0) is 5.41 Å². The van der Waals surface area contributed by atoms with Crippen molar-refractivity contribution in [1.29, 1.82) is 0 Å². The number of hydrogen-bond donors (Lipinski definition) is 1. The fraction of sp³-hybridized carbons (Fsp3) is 0.636. The molecule has 1 aliphatic carbocycles. The van der Waals surface area contributed by atoms with E-state index in [9.17, 15) is 0 Å². The van der Waals surface area contributed by atoms with Crippen LogP contribution in [0.5, 0.6) is 0 Å². The van der Waals surface area contributed by atoms with Gasteiger partial charge in [-0.3, -0.25) is 0 Å². The Morgan fingerprint density at radius 2 is 2.07 bits per heavy atom. The van der Waals surface area contributed by atoms with Gasteiger partial charge in [0.1, 0.15) is 0 Å². The maximum atomic E-state index is 5.97. The zero-order valence-corrected chi connectivity index (χ0v) is 10.7. The lowest BCUT2D eigenvalue weighted by atomic mass is 9.70. The zero-order valence-electron chi connectivity index (χ0n) is 8.26. The minimum Gasteiger partial charge on any atom is -0.330 e. The van der Waals surface area contributed by atoms with Crippen LogP contribution in [0.4, 0.5) is 0 Å². The molecule has 1 aromatic heterocycles. The Morgan fingerprint density at radius 3 is 2.57 bits per heavy atom. The summed E-state index contributed by atoms with van der Waals surface area (Å²) in [6.07, 6.45) is 6.60. The molecule has 1 aliphatic rings. The molecule has 2 N–H and O–H groups in total. The molecule has 3 heteroatoms. The van der Waals surface area contributed by atoms with Crippen molar-refractivity contribution in [3.8, 4) is 0 Å². The smallest absolute Gasteiger partial charge is 0.0701 e. The Balaban J connectivity index is 2.26. The molecule has 0 unspecified atom stereocenters. The summed E-state index contributed by atoms with van der Waals surface area (Å²) in [6, 6.07) is 2.25. The minimum atomic E-state index is 0.292. The van der Waals surface area contributed by atoms with E-state index >= 15 is 0 Å². The molecule has 0 atom stereocenters. The molecule has 0 spiro atoms. The fourth-order valence-corrected chi connectivity index (χ4v) is 3.71. The molecule has 1 saturated carbocycles. The Labute approximate surface area is 97.8 Å². The van der Waals surface area contributed by atoms with Crippen molar-refractivity contribution in [1.82, 2.24) is 0 Å². The summed E-state index contributed by atoms with van der Waals surface area (Å²) in [5, 5.41) is 2.27. The van der Waals surface area contributed by atoms with E-state index in [0.717, 1.165) is 6.54 Å². The van der Waals surface area contributed by atoms with Crippen LogP contribution in [0.3, 0.4) is 0 Å². The molecule has 0 aliphatic heterocycles. The lowest BCUT2D eigenvalue weighted by Crippen LogP contribution is -2.36. The SMILES string of the molecule is NCC1(c2csc(Br)c2)CCCCC1. The molecule has 1 aromatic rings. The summed E-state index contributed by atoms with van der Waals surface area (Å²) in [4.78, 5) is 0. The summed E-state index contributed by atoms with van der Waals surface area (Å²) < 4.78 is 1.23. The molecule has 14 heavy (non-hydrogen) atoms. The summed E-state index contributed by atoms with van der Waals surface area (Å²) in [5.41, 5.74) is 7.72. The highest BCUT2D eigenvalue weighted by Crippen LogP contribution is 2.41. The molecule has 0 amide bonds. The predicted octanol–water partition coefficient (Wildman–Crippen LogP) is 3.67. The van der Waals surface area contributed by atoms with Gasteiger partial charge in [0, 0.05) is 12.0 Å². The van der Waals surface area contributed by atoms with E-state index in [1.807, 2.05) is 0 Å². The molecule has 78 valence electrons. The third-order valence-corrected chi connectivity index (χ3v) is 4.89. The summed E-state index contributed by atoms with van der Waals surface area (Å²) in [6.45, 7) is 0.802. The van der Waals surface area contributed by atoms with Crippen LogP contribution in [0.1, 0.15) is 37.7 Å². The van der Waals surface area contributed by atoms with Gasteiger partial charge < -0.3 is 5.73 Å². The van der Waals surface area contributed by atoms with E-state index in [1.54, 1.807) is 11.3 Å². The quantitative estimate of drug-likeness (QED) is 0.874. The van der Waals surface area contributed by atoms with Gasteiger partial charge in [-0.25, -0.2) is 0 Å². The van der Waals surface area contributed by atoms with Gasteiger partial charge in [-0.05, 0) is 45.8 Å². The first kappa shape index (κ1) is 10.7. The second-order valence-electron chi connectivity index (χ2n) is 4.18. The van der Waals surface area contributed by atoms with E-state index in [0.29, 0.717) is 5.41 Å². The van der Waals surface area contributed by atoms with Gasteiger partial charge in [-0.1, -0.05) is 19.3 Å². The summed E-state index contributed by atoms with van der Waals surface area (Å²) >= 11 is 5.30. The van der Waals surface area contributed by atoms with E-state index in [-0.39, 0.29) is 0 Å². The molecule has 2 rings (SSSR count). The van der Waals surface area contributed by atoms with Crippen molar-refractivity contribution >= 4 is 27.3 Å². The van der Waals surface area contributed by atoms with Crippen molar-refractivity contribution in [2.75, 3.05) is 6.54 Å². The molecule has 0 saturated heterocycles. The van der Waals surface area contributed by atoms with Crippen LogP contribution in [0.2, 0.25) is 0 Å². The normalized spacial score (nSPS) is 21.0. The highest BCUT2D eigenvalue weighted by molar-refractivity contribution is 9.11. The topological polar surface area (TPSA) is 26.0 Å². The summed E-state index contributed by atoms with van der Waals surface area (Å²) in [5.74, 6) is 0. The van der Waals surface area contributed by atoms with Crippen LogP contribution in [0.25, 0.3) is 0 Å². The van der Waals surface area contributed by atoms with Crippen LogP contribution < -0.4 is 5.73 Å². The van der Waals surface area contributed by atoms with E-state index in [2.05, 4.69) is 27.4 Å². The van der Waals surface area contributed by atoms with Crippen LogP contribution in [-0.4, -0.2) is 6.54 Å². The fourth-order valence-electron chi connectivity index (χ4n) is 2.43. The Bertz CT molecular complexity index is 302. The van der Waals surface area contributed by atoms with Gasteiger partial charge in [0.25, 0.3) is 0 Å². The highest BCUT2D eigenvalue weighted by Gasteiger charge is 2.32. The van der Waals surface area contributed by atoms with E-state index < -0.39 is 0 Å². The van der Waals surface area contributed by atoms with Gasteiger partial charge in [0.15, 0.2) is 0 Å². The Kier molecular flexibility index (Phi) is 3.30. The number of rotatable bonds is 2. The lowest BCUT2D eigenvalue weighted by molar-refractivity contribution is 0.301. The average molecular weight is 274 g/mol. The van der Waals surface area contributed by atoms with Crippen molar-refractivity contribution in [3.05, 3.63) is 20.8 Å². The second kappa shape index (κ2) is 4.33. The molecule has 0 radical (unpaired) electrons.